The minimum atomic E-state index is -0.939. The molecule has 2 aromatic heterocycles. The van der Waals surface area contributed by atoms with Crippen LogP contribution in [0.25, 0.3) is 11.5 Å². The first-order chi connectivity index (χ1) is 13.1. The molecule has 0 aliphatic heterocycles. The van der Waals surface area contributed by atoms with Crippen molar-refractivity contribution in [2.75, 3.05) is 13.7 Å². The van der Waals surface area contributed by atoms with Gasteiger partial charge in [0.2, 0.25) is 5.91 Å². The number of aliphatic hydroxyl groups is 1. The van der Waals surface area contributed by atoms with E-state index in [9.17, 15) is 9.90 Å². The van der Waals surface area contributed by atoms with Crippen molar-refractivity contribution in [3.63, 3.8) is 0 Å². The number of ether oxygens (including phenoxy) is 1. The second-order valence-corrected chi connectivity index (χ2v) is 6.69. The van der Waals surface area contributed by atoms with Gasteiger partial charge in [0, 0.05) is 5.56 Å². The number of amides is 1. The molecule has 3 aromatic rings. The number of aliphatic hydroxyl groups excluding tert-OH is 1. The van der Waals surface area contributed by atoms with E-state index in [-0.39, 0.29) is 12.5 Å². The Morgan fingerprint density at radius 1 is 1.19 bits per heavy atom. The van der Waals surface area contributed by atoms with Crippen molar-refractivity contribution >= 4 is 5.91 Å². The molecule has 4 rings (SSSR count). The van der Waals surface area contributed by atoms with Crippen molar-refractivity contribution < 1.29 is 23.5 Å². The molecule has 1 saturated carbocycles. The van der Waals surface area contributed by atoms with Crippen molar-refractivity contribution in [1.29, 1.82) is 0 Å². The van der Waals surface area contributed by atoms with Gasteiger partial charge in [0.1, 0.15) is 17.6 Å². The molecule has 0 bridgehead atoms. The number of nitrogens with one attached hydrogen (secondary N) is 1. The first-order valence-electron chi connectivity index (χ1n) is 8.87. The maximum absolute atomic E-state index is 12.8. The second-order valence-electron chi connectivity index (χ2n) is 6.69. The predicted molar refractivity (Wildman–Crippen MR) is 98.3 cm³/mol. The summed E-state index contributed by atoms with van der Waals surface area (Å²) in [7, 11) is 1.60. The molecule has 27 heavy (non-hydrogen) atoms. The Hall–Kier alpha value is -2.99. The normalized spacial score (nSPS) is 15.9. The van der Waals surface area contributed by atoms with Gasteiger partial charge in [0.25, 0.3) is 0 Å². The molecule has 6 heteroatoms. The van der Waals surface area contributed by atoms with E-state index in [4.69, 9.17) is 13.6 Å². The van der Waals surface area contributed by atoms with Crippen LogP contribution in [0.2, 0.25) is 0 Å². The second kappa shape index (κ2) is 6.96. The molecule has 1 aliphatic carbocycles. The van der Waals surface area contributed by atoms with E-state index in [1.165, 1.54) is 0 Å². The number of rotatable bonds is 7. The summed E-state index contributed by atoms with van der Waals surface area (Å²) in [4.78, 5) is 12.8. The van der Waals surface area contributed by atoms with E-state index in [0.717, 1.165) is 18.4 Å². The van der Waals surface area contributed by atoms with Crippen LogP contribution in [-0.2, 0) is 10.2 Å². The lowest BCUT2D eigenvalue weighted by atomic mass is 9.94. The highest BCUT2D eigenvalue weighted by atomic mass is 16.5. The highest BCUT2D eigenvalue weighted by molar-refractivity contribution is 5.92. The Morgan fingerprint density at radius 2 is 2.00 bits per heavy atom. The zero-order chi connectivity index (χ0) is 18.9. The van der Waals surface area contributed by atoms with Crippen LogP contribution in [0.5, 0.6) is 5.75 Å². The number of para-hydroxylation sites is 1. The molecule has 140 valence electrons. The lowest BCUT2D eigenvalue weighted by molar-refractivity contribution is -0.124. The van der Waals surface area contributed by atoms with E-state index in [1.54, 1.807) is 37.6 Å². The van der Waals surface area contributed by atoms with Gasteiger partial charge in [-0.2, -0.15) is 0 Å². The average molecular weight is 367 g/mol. The first kappa shape index (κ1) is 17.4. The fourth-order valence-corrected chi connectivity index (χ4v) is 3.33. The summed E-state index contributed by atoms with van der Waals surface area (Å²) in [6.45, 7) is 0.0703. The van der Waals surface area contributed by atoms with Crippen molar-refractivity contribution in [1.82, 2.24) is 5.32 Å². The van der Waals surface area contributed by atoms with E-state index < -0.39 is 11.5 Å². The quantitative estimate of drug-likeness (QED) is 0.668. The van der Waals surface area contributed by atoms with Gasteiger partial charge in [-0.1, -0.05) is 18.2 Å². The summed E-state index contributed by atoms with van der Waals surface area (Å²) in [5, 5.41) is 13.2. The minimum absolute atomic E-state index is 0.0703. The van der Waals surface area contributed by atoms with Crippen LogP contribution in [-0.4, -0.2) is 24.7 Å². The van der Waals surface area contributed by atoms with Gasteiger partial charge < -0.3 is 24.0 Å². The Morgan fingerprint density at radius 3 is 2.70 bits per heavy atom. The SMILES string of the molecule is COc1ccccc1C1(C(=O)NCC(O)c2ccc(-c3ccco3)o2)CC1. The molecule has 1 fully saturated rings. The van der Waals surface area contributed by atoms with E-state index in [1.807, 2.05) is 24.3 Å². The Bertz CT molecular complexity index is 924. The van der Waals surface area contributed by atoms with Crippen LogP contribution < -0.4 is 10.1 Å². The average Bonchev–Trinajstić information content (AvgIpc) is 3.10. The van der Waals surface area contributed by atoms with Crippen molar-refractivity contribution in [2.45, 2.75) is 24.4 Å². The summed E-state index contributed by atoms with van der Waals surface area (Å²) in [5.41, 5.74) is 0.312. The van der Waals surface area contributed by atoms with Crippen LogP contribution in [0.4, 0.5) is 0 Å². The Kier molecular flexibility index (Phi) is 4.49. The molecule has 2 N–H and O–H groups in total. The molecular weight excluding hydrogens is 346 g/mol. The van der Waals surface area contributed by atoms with Gasteiger partial charge in [-0.3, -0.25) is 4.79 Å². The van der Waals surface area contributed by atoms with Gasteiger partial charge in [0.15, 0.2) is 11.5 Å². The molecule has 1 aromatic carbocycles. The van der Waals surface area contributed by atoms with E-state index >= 15 is 0 Å². The molecule has 1 unspecified atom stereocenters. The molecule has 6 nitrogen and oxygen atoms in total. The molecular formula is C21H21NO5. The summed E-state index contributed by atoms with van der Waals surface area (Å²) < 4.78 is 16.3. The van der Waals surface area contributed by atoms with E-state index in [2.05, 4.69) is 5.32 Å². The van der Waals surface area contributed by atoms with Crippen LogP contribution in [0.3, 0.4) is 0 Å². The lowest BCUT2D eigenvalue weighted by Gasteiger charge is -2.19. The third kappa shape index (κ3) is 3.24. The summed E-state index contributed by atoms with van der Waals surface area (Å²) >= 11 is 0. The molecule has 0 radical (unpaired) electrons. The van der Waals surface area contributed by atoms with Gasteiger partial charge in [-0.25, -0.2) is 0 Å². The lowest BCUT2D eigenvalue weighted by Crippen LogP contribution is -2.37. The maximum atomic E-state index is 12.8. The number of carbonyl (C=O) groups excluding carboxylic acids is 1. The standard InChI is InChI=1S/C21H21NO5/c1-25-16-6-3-2-5-14(16)21(10-11-21)20(24)22-13-15(23)17-8-9-19(27-17)18-7-4-12-26-18/h2-9,12,15,23H,10-11,13H2,1H3,(H,22,24). The topological polar surface area (TPSA) is 84.8 Å². The predicted octanol–water partition coefficient (Wildman–Crippen LogP) is 3.43. The van der Waals surface area contributed by atoms with E-state index in [0.29, 0.717) is 23.0 Å². The van der Waals surface area contributed by atoms with Gasteiger partial charge in [-0.15, -0.1) is 0 Å². The molecule has 2 heterocycles. The van der Waals surface area contributed by atoms with Gasteiger partial charge in [-0.05, 0) is 43.2 Å². The number of carbonyl (C=O) groups is 1. The molecule has 1 atom stereocenters. The number of furan rings is 2. The molecule has 0 spiro atoms. The Balaban J connectivity index is 1.42. The third-order valence-corrected chi connectivity index (χ3v) is 4.98. The van der Waals surface area contributed by atoms with Crippen LogP contribution >= 0.6 is 0 Å². The summed E-state index contributed by atoms with van der Waals surface area (Å²) in [5.74, 6) is 2.10. The highest BCUT2D eigenvalue weighted by Crippen LogP contribution is 2.51. The zero-order valence-corrected chi connectivity index (χ0v) is 15.0. The third-order valence-electron chi connectivity index (χ3n) is 4.98. The largest absolute Gasteiger partial charge is 0.496 e. The molecule has 1 amide bonds. The van der Waals surface area contributed by atoms with Gasteiger partial charge in [0.05, 0.1) is 25.3 Å². The Labute approximate surface area is 156 Å². The van der Waals surface area contributed by atoms with Crippen LogP contribution in [0.15, 0.2) is 63.6 Å². The molecule has 0 saturated heterocycles. The monoisotopic (exact) mass is 367 g/mol. The number of hydrogen-bond acceptors (Lipinski definition) is 5. The fraction of sp³-hybridized carbons (Fsp3) is 0.286. The molecule has 1 aliphatic rings. The fourth-order valence-electron chi connectivity index (χ4n) is 3.33. The maximum Gasteiger partial charge on any atom is 0.230 e. The number of benzene rings is 1. The smallest absolute Gasteiger partial charge is 0.230 e. The highest BCUT2D eigenvalue weighted by Gasteiger charge is 2.52. The summed E-state index contributed by atoms with van der Waals surface area (Å²) in [6, 6.07) is 14.5. The van der Waals surface area contributed by atoms with Gasteiger partial charge >= 0.3 is 0 Å². The van der Waals surface area contributed by atoms with Crippen LogP contribution in [0.1, 0.15) is 30.3 Å². The van der Waals surface area contributed by atoms with Crippen molar-refractivity contribution in [3.05, 3.63) is 66.1 Å². The zero-order valence-electron chi connectivity index (χ0n) is 15.0. The van der Waals surface area contributed by atoms with Crippen molar-refractivity contribution in [2.24, 2.45) is 0 Å². The number of hydrogen-bond donors (Lipinski definition) is 2. The number of methoxy groups -OCH3 is 1. The first-order valence-corrected chi connectivity index (χ1v) is 8.87. The van der Waals surface area contributed by atoms with Crippen molar-refractivity contribution in [3.8, 4) is 17.3 Å². The van der Waals surface area contributed by atoms with Crippen LogP contribution in [0, 0.1) is 0 Å². The summed E-state index contributed by atoms with van der Waals surface area (Å²) in [6.07, 6.45) is 2.14. The minimum Gasteiger partial charge on any atom is -0.496 e.